The van der Waals surface area contributed by atoms with Gasteiger partial charge in [0.15, 0.2) is 0 Å². The number of methoxy groups -OCH3 is 1. The minimum absolute atomic E-state index is 0.155. The summed E-state index contributed by atoms with van der Waals surface area (Å²) in [7, 11) is 1.39. The van der Waals surface area contributed by atoms with Crippen molar-refractivity contribution in [2.75, 3.05) is 44.8 Å². The van der Waals surface area contributed by atoms with E-state index in [0.717, 1.165) is 85.1 Å². The second-order valence-corrected chi connectivity index (χ2v) is 11.6. The van der Waals surface area contributed by atoms with Gasteiger partial charge in [0.05, 0.1) is 60.2 Å². The predicted octanol–water partition coefficient (Wildman–Crippen LogP) is 4.83. The minimum Gasteiger partial charge on any atom is -0.465 e. The molecule has 2 aliphatic heterocycles. The van der Waals surface area contributed by atoms with Crippen LogP contribution in [0.4, 0.5) is 10.2 Å². The van der Waals surface area contributed by atoms with Crippen molar-refractivity contribution in [3.8, 4) is 6.07 Å². The summed E-state index contributed by atoms with van der Waals surface area (Å²) in [5.74, 6) is 1.16. The number of fused-ring (bicyclic) bond motifs is 2. The molecule has 0 radical (unpaired) electrons. The highest BCUT2D eigenvalue weighted by atomic mass is 19.1. The molecule has 9 nitrogen and oxygen atoms in total. The van der Waals surface area contributed by atoms with Crippen LogP contribution in [0.25, 0.3) is 22.7 Å². The van der Waals surface area contributed by atoms with Gasteiger partial charge in [0.2, 0.25) is 0 Å². The largest absolute Gasteiger partial charge is 0.465 e. The van der Waals surface area contributed by atoms with E-state index in [2.05, 4.69) is 14.4 Å². The van der Waals surface area contributed by atoms with E-state index in [1.54, 1.807) is 12.1 Å². The second-order valence-electron chi connectivity index (χ2n) is 11.6. The van der Waals surface area contributed by atoms with Gasteiger partial charge >= 0.3 is 5.97 Å². The van der Waals surface area contributed by atoms with Crippen molar-refractivity contribution in [2.45, 2.75) is 38.5 Å². The summed E-state index contributed by atoms with van der Waals surface area (Å²) in [6.07, 6.45) is 4.48. The van der Waals surface area contributed by atoms with Gasteiger partial charge in [0, 0.05) is 38.3 Å². The Morgan fingerprint density at radius 1 is 1.11 bits per heavy atom. The summed E-state index contributed by atoms with van der Waals surface area (Å²) >= 11 is 0. The standard InChI is InChI=1S/C34H33FN6O3/c1-43-34(42)25-7-8-30-31(18-25)41(20-26-9-14-44-26)33(38-30)21-39-10-12-40(13-11-39)32-4-2-3-29(37-32)24-6-5-23-15-22(19-36)16-28(35)27(23)17-24/h2-4,7-8,15-18,26H,5-6,9-14,20-21H2,1H3. The van der Waals surface area contributed by atoms with Crippen LogP contribution in [-0.4, -0.2) is 71.4 Å². The van der Waals surface area contributed by atoms with E-state index in [0.29, 0.717) is 36.2 Å². The van der Waals surface area contributed by atoms with E-state index in [9.17, 15) is 14.4 Å². The van der Waals surface area contributed by atoms with E-state index < -0.39 is 0 Å². The molecule has 224 valence electrons. The first-order chi connectivity index (χ1) is 21.5. The highest BCUT2D eigenvalue weighted by molar-refractivity contribution is 5.93. The summed E-state index contributed by atoms with van der Waals surface area (Å²) in [4.78, 5) is 26.8. The number of carbonyl (C=O) groups is 1. The van der Waals surface area contributed by atoms with E-state index in [1.807, 2.05) is 42.5 Å². The van der Waals surface area contributed by atoms with Crippen LogP contribution in [-0.2, 0) is 29.0 Å². The zero-order valence-electron chi connectivity index (χ0n) is 24.6. The number of nitrogens with zero attached hydrogens (tertiary/aromatic N) is 6. The highest BCUT2D eigenvalue weighted by Gasteiger charge is 2.25. The molecule has 0 saturated carbocycles. The average Bonchev–Trinajstić information content (AvgIpc) is 3.38. The van der Waals surface area contributed by atoms with Gasteiger partial charge in [-0.3, -0.25) is 4.90 Å². The zero-order chi connectivity index (χ0) is 30.2. The summed E-state index contributed by atoms with van der Waals surface area (Å²) in [6, 6.07) is 16.7. The summed E-state index contributed by atoms with van der Waals surface area (Å²) in [5, 5.41) is 9.18. The molecule has 2 aromatic carbocycles. The minimum atomic E-state index is -0.360. The van der Waals surface area contributed by atoms with E-state index in [-0.39, 0.29) is 17.9 Å². The number of ether oxygens (including phenoxy) is 2. The van der Waals surface area contributed by atoms with Crippen molar-refractivity contribution in [3.05, 3.63) is 88.1 Å². The summed E-state index contributed by atoms with van der Waals surface area (Å²) < 4.78 is 27.6. The molecule has 1 unspecified atom stereocenters. The first kappa shape index (κ1) is 28.2. The number of pyridine rings is 1. The lowest BCUT2D eigenvalue weighted by Crippen LogP contribution is -2.46. The van der Waals surface area contributed by atoms with E-state index in [1.165, 1.54) is 13.2 Å². The Bertz CT molecular complexity index is 1810. The molecule has 10 heteroatoms. The number of anilines is 1. The fourth-order valence-corrected chi connectivity index (χ4v) is 6.31. The van der Waals surface area contributed by atoms with Crippen molar-refractivity contribution in [1.29, 1.82) is 5.26 Å². The molecule has 1 atom stereocenters. The third kappa shape index (κ3) is 5.45. The lowest BCUT2D eigenvalue weighted by molar-refractivity contribution is -0.0592. The van der Waals surface area contributed by atoms with Crippen LogP contribution in [0.15, 0.2) is 48.5 Å². The van der Waals surface area contributed by atoms with Crippen LogP contribution in [0.2, 0.25) is 0 Å². The molecular weight excluding hydrogens is 559 g/mol. The lowest BCUT2D eigenvalue weighted by atomic mass is 9.89. The Kier molecular flexibility index (Phi) is 7.58. The molecule has 0 N–H and O–H groups in total. The Labute approximate surface area is 255 Å². The molecule has 2 fully saturated rings. The maximum atomic E-state index is 14.7. The number of nitriles is 1. The Morgan fingerprint density at radius 2 is 1.95 bits per heavy atom. The molecule has 1 aliphatic carbocycles. The molecule has 2 saturated heterocycles. The molecule has 4 heterocycles. The van der Waals surface area contributed by atoms with Gasteiger partial charge in [-0.25, -0.2) is 19.2 Å². The number of benzene rings is 2. The Hall–Kier alpha value is -4.59. The number of esters is 1. The van der Waals surface area contributed by atoms with E-state index in [4.69, 9.17) is 19.4 Å². The monoisotopic (exact) mass is 592 g/mol. The fourth-order valence-electron chi connectivity index (χ4n) is 6.31. The van der Waals surface area contributed by atoms with Gasteiger partial charge in [-0.2, -0.15) is 5.26 Å². The summed E-state index contributed by atoms with van der Waals surface area (Å²) in [6.45, 7) is 5.53. The third-order valence-corrected chi connectivity index (χ3v) is 8.88. The number of carbonyl (C=O) groups excluding carboxylic acids is 1. The van der Waals surface area contributed by atoms with Crippen LogP contribution in [0.3, 0.4) is 0 Å². The topological polar surface area (TPSA) is 96.5 Å². The number of piperazine rings is 1. The van der Waals surface area contributed by atoms with Gasteiger partial charge in [-0.05, 0) is 78.9 Å². The lowest BCUT2D eigenvalue weighted by Gasteiger charge is -2.35. The van der Waals surface area contributed by atoms with Gasteiger partial charge in [-0.1, -0.05) is 6.07 Å². The number of hydrogen-bond acceptors (Lipinski definition) is 8. The maximum Gasteiger partial charge on any atom is 0.337 e. The van der Waals surface area contributed by atoms with Crippen molar-refractivity contribution in [3.63, 3.8) is 0 Å². The van der Waals surface area contributed by atoms with Crippen molar-refractivity contribution in [2.24, 2.45) is 0 Å². The average molecular weight is 593 g/mol. The van der Waals surface area contributed by atoms with Gasteiger partial charge in [0.25, 0.3) is 0 Å². The highest BCUT2D eigenvalue weighted by Crippen LogP contribution is 2.33. The van der Waals surface area contributed by atoms with Crippen LogP contribution in [0.5, 0.6) is 0 Å². The first-order valence-corrected chi connectivity index (χ1v) is 15.1. The molecule has 0 amide bonds. The van der Waals surface area contributed by atoms with Crippen molar-refractivity contribution >= 4 is 34.5 Å². The number of allylic oxidation sites excluding steroid dienone is 1. The van der Waals surface area contributed by atoms with Crippen molar-refractivity contribution < 1.29 is 18.7 Å². The number of rotatable bonds is 7. The molecular formula is C34H33FN6O3. The first-order valence-electron chi connectivity index (χ1n) is 15.1. The van der Waals surface area contributed by atoms with Crippen LogP contribution in [0, 0.1) is 17.1 Å². The number of imidazole rings is 1. The normalized spacial score (nSPS) is 18.3. The molecule has 0 spiro atoms. The second kappa shape index (κ2) is 11.8. The van der Waals surface area contributed by atoms with Crippen molar-refractivity contribution in [1.82, 2.24) is 19.4 Å². The number of aryl methyl sites for hydroxylation is 1. The van der Waals surface area contributed by atoms with Crippen LogP contribution < -0.4 is 4.90 Å². The maximum absolute atomic E-state index is 14.7. The van der Waals surface area contributed by atoms with Crippen LogP contribution in [0.1, 0.15) is 51.4 Å². The molecule has 7 rings (SSSR count). The summed E-state index contributed by atoms with van der Waals surface area (Å²) in [5.41, 5.74) is 5.94. The SMILES string of the molecule is COC(=O)c1ccc2nc(CN3CCN(c4cccc(C5=Cc6c(F)cc(C#N)cc6CC5)n4)CC3)n(CC3CCO3)c2c1. The number of hydrogen-bond donors (Lipinski definition) is 0. The smallest absolute Gasteiger partial charge is 0.337 e. The Morgan fingerprint density at radius 3 is 2.70 bits per heavy atom. The van der Waals surface area contributed by atoms with Gasteiger partial charge < -0.3 is 18.9 Å². The zero-order valence-corrected chi connectivity index (χ0v) is 24.6. The van der Waals surface area contributed by atoms with Gasteiger partial charge in [-0.15, -0.1) is 0 Å². The predicted molar refractivity (Wildman–Crippen MR) is 164 cm³/mol. The quantitative estimate of drug-likeness (QED) is 0.282. The molecule has 44 heavy (non-hydrogen) atoms. The molecule has 2 aromatic heterocycles. The van der Waals surface area contributed by atoms with Gasteiger partial charge in [0.1, 0.15) is 17.5 Å². The molecule has 4 aromatic rings. The number of aromatic nitrogens is 3. The molecule has 3 aliphatic rings. The third-order valence-electron chi connectivity index (χ3n) is 8.88. The van der Waals surface area contributed by atoms with Crippen LogP contribution >= 0.6 is 0 Å². The number of halogens is 1. The Balaban J connectivity index is 1.06. The fraction of sp³-hybridized carbons (Fsp3) is 0.353. The molecule has 0 bridgehead atoms. The van der Waals surface area contributed by atoms with E-state index >= 15 is 0 Å².